The van der Waals surface area contributed by atoms with Crippen molar-refractivity contribution in [3.05, 3.63) is 30.1 Å². The summed E-state index contributed by atoms with van der Waals surface area (Å²) < 4.78 is 13.0. The van der Waals surface area contributed by atoms with Gasteiger partial charge in [-0.1, -0.05) is 13.8 Å². The lowest BCUT2D eigenvalue weighted by Crippen LogP contribution is -2.50. The highest BCUT2D eigenvalue weighted by Gasteiger charge is 2.19. The fraction of sp³-hybridized carbons (Fsp3) is 0.632. The van der Waals surface area contributed by atoms with Gasteiger partial charge in [0.2, 0.25) is 5.91 Å². The third-order valence-corrected chi connectivity index (χ3v) is 4.52. The molecule has 5 heteroatoms. The zero-order chi connectivity index (χ0) is 17.5. The first kappa shape index (κ1) is 18.7. The van der Waals surface area contributed by atoms with Crippen LogP contribution in [-0.4, -0.2) is 49.6 Å². The van der Waals surface area contributed by atoms with Crippen LogP contribution in [0.2, 0.25) is 0 Å². The predicted molar refractivity (Wildman–Crippen MR) is 96.7 cm³/mol. The van der Waals surface area contributed by atoms with E-state index in [-0.39, 0.29) is 17.8 Å². The van der Waals surface area contributed by atoms with Crippen LogP contribution in [0, 0.1) is 11.7 Å². The van der Waals surface area contributed by atoms with Gasteiger partial charge in [0.1, 0.15) is 5.82 Å². The SMILES string of the molecule is CC(C)CCC(C)NC(=O)CN1CCN(c2ccc(F)cc2)CC1. The number of hydrogen-bond acceptors (Lipinski definition) is 3. The van der Waals surface area contributed by atoms with Crippen molar-refractivity contribution in [1.29, 1.82) is 0 Å². The molecule has 1 aromatic rings. The van der Waals surface area contributed by atoms with Crippen LogP contribution in [0.3, 0.4) is 0 Å². The van der Waals surface area contributed by atoms with Crippen LogP contribution in [0.5, 0.6) is 0 Å². The summed E-state index contributed by atoms with van der Waals surface area (Å²) in [6.45, 7) is 10.4. The molecule has 4 nitrogen and oxygen atoms in total. The van der Waals surface area contributed by atoms with Crippen LogP contribution in [0.15, 0.2) is 24.3 Å². The van der Waals surface area contributed by atoms with Crippen LogP contribution in [0.1, 0.15) is 33.6 Å². The van der Waals surface area contributed by atoms with E-state index in [1.165, 1.54) is 12.1 Å². The van der Waals surface area contributed by atoms with Crippen molar-refractivity contribution in [3.63, 3.8) is 0 Å². The van der Waals surface area contributed by atoms with E-state index in [1.807, 2.05) is 12.1 Å². The van der Waals surface area contributed by atoms with Gasteiger partial charge < -0.3 is 10.2 Å². The maximum Gasteiger partial charge on any atom is 0.234 e. The number of amides is 1. The van der Waals surface area contributed by atoms with Crippen LogP contribution < -0.4 is 10.2 Å². The summed E-state index contributed by atoms with van der Waals surface area (Å²) in [5, 5.41) is 3.10. The Kier molecular flexibility index (Phi) is 7.03. The van der Waals surface area contributed by atoms with Gasteiger partial charge in [-0.3, -0.25) is 9.69 Å². The molecule has 1 atom stereocenters. The number of benzene rings is 1. The number of rotatable bonds is 7. The normalized spacial score (nSPS) is 17.1. The summed E-state index contributed by atoms with van der Waals surface area (Å²) in [4.78, 5) is 16.6. The molecular weight excluding hydrogens is 305 g/mol. The average molecular weight is 335 g/mol. The summed E-state index contributed by atoms with van der Waals surface area (Å²) in [6.07, 6.45) is 2.17. The van der Waals surface area contributed by atoms with Gasteiger partial charge in [0.05, 0.1) is 6.54 Å². The number of halogens is 1. The molecular formula is C19H30FN3O. The molecule has 1 saturated heterocycles. The van der Waals surface area contributed by atoms with Crippen LogP contribution in [-0.2, 0) is 4.79 Å². The largest absolute Gasteiger partial charge is 0.369 e. The van der Waals surface area contributed by atoms with Crippen LogP contribution in [0.4, 0.5) is 10.1 Å². The Morgan fingerprint density at radius 2 is 1.71 bits per heavy atom. The van der Waals surface area contributed by atoms with E-state index in [4.69, 9.17) is 0 Å². The molecule has 134 valence electrons. The first-order valence-electron chi connectivity index (χ1n) is 8.96. The average Bonchev–Trinajstić information content (AvgIpc) is 2.54. The van der Waals surface area contributed by atoms with Gasteiger partial charge in [-0.2, -0.15) is 0 Å². The number of carbonyl (C=O) groups is 1. The molecule has 1 unspecified atom stereocenters. The van der Waals surface area contributed by atoms with E-state index in [1.54, 1.807) is 0 Å². The molecule has 0 spiro atoms. The molecule has 1 amide bonds. The van der Waals surface area contributed by atoms with Gasteiger partial charge in [0.25, 0.3) is 0 Å². The summed E-state index contributed by atoms with van der Waals surface area (Å²) in [5.74, 6) is 0.575. The zero-order valence-corrected chi connectivity index (χ0v) is 15.1. The van der Waals surface area contributed by atoms with Crippen molar-refractivity contribution >= 4 is 11.6 Å². The van der Waals surface area contributed by atoms with Gasteiger partial charge in [0, 0.05) is 37.9 Å². The Labute approximate surface area is 145 Å². The number of nitrogens with zero attached hydrogens (tertiary/aromatic N) is 2. The second-order valence-corrected chi connectivity index (χ2v) is 7.18. The summed E-state index contributed by atoms with van der Waals surface area (Å²) in [5.41, 5.74) is 1.04. The van der Waals surface area contributed by atoms with Gasteiger partial charge in [-0.15, -0.1) is 0 Å². The molecule has 0 aliphatic carbocycles. The summed E-state index contributed by atoms with van der Waals surface area (Å²) in [7, 11) is 0. The van der Waals surface area contributed by atoms with Crippen molar-refractivity contribution in [2.45, 2.75) is 39.7 Å². The minimum absolute atomic E-state index is 0.112. The number of piperazine rings is 1. The van der Waals surface area contributed by atoms with Gasteiger partial charge >= 0.3 is 0 Å². The maximum absolute atomic E-state index is 13.0. The molecule has 0 radical (unpaired) electrons. The minimum Gasteiger partial charge on any atom is -0.369 e. The van der Waals surface area contributed by atoms with E-state index < -0.39 is 0 Å². The number of anilines is 1. The van der Waals surface area contributed by atoms with E-state index in [2.05, 4.69) is 35.9 Å². The lowest BCUT2D eigenvalue weighted by atomic mass is 10.0. The second-order valence-electron chi connectivity index (χ2n) is 7.18. The van der Waals surface area contributed by atoms with Crippen molar-refractivity contribution < 1.29 is 9.18 Å². The third-order valence-electron chi connectivity index (χ3n) is 4.52. The highest BCUT2D eigenvalue weighted by molar-refractivity contribution is 5.78. The van der Waals surface area contributed by atoms with Gasteiger partial charge in [0.15, 0.2) is 0 Å². The summed E-state index contributed by atoms with van der Waals surface area (Å²) >= 11 is 0. The smallest absolute Gasteiger partial charge is 0.234 e. The second kappa shape index (κ2) is 9.02. The van der Waals surface area contributed by atoms with Crippen molar-refractivity contribution in [3.8, 4) is 0 Å². The monoisotopic (exact) mass is 335 g/mol. The lowest BCUT2D eigenvalue weighted by molar-refractivity contribution is -0.123. The molecule has 1 aliphatic heterocycles. The molecule has 0 bridgehead atoms. The maximum atomic E-state index is 13.0. The molecule has 1 fully saturated rings. The molecule has 24 heavy (non-hydrogen) atoms. The molecule has 0 aromatic heterocycles. The Morgan fingerprint density at radius 1 is 1.08 bits per heavy atom. The Balaban J connectivity index is 1.70. The zero-order valence-electron chi connectivity index (χ0n) is 15.1. The quantitative estimate of drug-likeness (QED) is 0.832. The van der Waals surface area contributed by atoms with Gasteiger partial charge in [-0.25, -0.2) is 4.39 Å². The first-order valence-corrected chi connectivity index (χ1v) is 8.96. The number of hydrogen-bond donors (Lipinski definition) is 1. The first-order chi connectivity index (χ1) is 11.4. The standard InChI is InChI=1S/C19H30FN3O/c1-15(2)4-5-16(3)21-19(24)14-22-10-12-23(13-11-22)18-8-6-17(20)7-9-18/h6-9,15-16H,4-5,10-14H2,1-3H3,(H,21,24). The molecule has 1 N–H and O–H groups in total. The molecule has 0 saturated carbocycles. The van der Waals surface area contributed by atoms with E-state index in [9.17, 15) is 9.18 Å². The fourth-order valence-electron chi connectivity index (χ4n) is 3.00. The van der Waals surface area contributed by atoms with Crippen molar-refractivity contribution in [2.75, 3.05) is 37.6 Å². The Hall–Kier alpha value is -1.62. The predicted octanol–water partition coefficient (Wildman–Crippen LogP) is 2.89. The third kappa shape index (κ3) is 6.11. The molecule has 1 aromatic carbocycles. The van der Waals surface area contributed by atoms with Crippen LogP contribution >= 0.6 is 0 Å². The van der Waals surface area contributed by atoms with E-state index in [0.717, 1.165) is 44.7 Å². The lowest BCUT2D eigenvalue weighted by Gasteiger charge is -2.35. The van der Waals surface area contributed by atoms with E-state index >= 15 is 0 Å². The minimum atomic E-state index is -0.208. The Bertz CT molecular complexity index is 510. The van der Waals surface area contributed by atoms with Gasteiger partial charge in [-0.05, 0) is 49.9 Å². The van der Waals surface area contributed by atoms with Crippen LogP contribution in [0.25, 0.3) is 0 Å². The molecule has 1 heterocycles. The molecule has 1 aliphatic rings. The highest BCUT2D eigenvalue weighted by atomic mass is 19.1. The fourth-order valence-corrected chi connectivity index (χ4v) is 3.00. The molecule has 2 rings (SSSR count). The highest BCUT2D eigenvalue weighted by Crippen LogP contribution is 2.16. The van der Waals surface area contributed by atoms with E-state index in [0.29, 0.717) is 12.5 Å². The summed E-state index contributed by atoms with van der Waals surface area (Å²) in [6, 6.07) is 6.85. The number of nitrogens with one attached hydrogen (secondary N) is 1. The Morgan fingerprint density at radius 3 is 2.29 bits per heavy atom. The number of carbonyl (C=O) groups excluding carboxylic acids is 1. The van der Waals surface area contributed by atoms with Crippen molar-refractivity contribution in [1.82, 2.24) is 10.2 Å². The van der Waals surface area contributed by atoms with Crippen molar-refractivity contribution in [2.24, 2.45) is 5.92 Å². The topological polar surface area (TPSA) is 35.6 Å².